The highest BCUT2D eigenvalue weighted by molar-refractivity contribution is 6.35. The van der Waals surface area contributed by atoms with Gasteiger partial charge in [0, 0.05) is 21.9 Å². The number of carbonyl (C=O) groups excluding carboxylic acids is 1. The summed E-state index contributed by atoms with van der Waals surface area (Å²) in [6.45, 7) is 1.69. The van der Waals surface area contributed by atoms with Gasteiger partial charge in [0.1, 0.15) is 17.2 Å². The molecule has 0 radical (unpaired) electrons. The van der Waals surface area contributed by atoms with Crippen LogP contribution in [-0.4, -0.2) is 26.2 Å². The van der Waals surface area contributed by atoms with E-state index in [2.05, 4.69) is 5.32 Å². The largest absolute Gasteiger partial charge is 0.497 e. The first-order chi connectivity index (χ1) is 13.0. The molecule has 0 unspecified atom stereocenters. The number of hydrogen-bond donors (Lipinski definition) is 1. The summed E-state index contributed by atoms with van der Waals surface area (Å²) in [4.78, 5) is 12.6. The van der Waals surface area contributed by atoms with Gasteiger partial charge in [-0.15, -0.1) is 0 Å². The maximum absolute atomic E-state index is 12.6. The molecule has 3 aromatic rings. The Morgan fingerprint density at radius 1 is 0.963 bits per heavy atom. The van der Waals surface area contributed by atoms with Gasteiger partial charge < -0.3 is 19.5 Å². The predicted molar refractivity (Wildman–Crippen MR) is 107 cm³/mol. The molecule has 140 valence electrons. The Balaban J connectivity index is 1.80. The first-order valence-corrected chi connectivity index (χ1v) is 8.78. The number of hydrogen-bond acceptors (Lipinski definition) is 4. The molecule has 0 heterocycles. The number of carbonyl (C=O) groups is 1. The molecule has 3 aromatic carbocycles. The van der Waals surface area contributed by atoms with Crippen LogP contribution in [0.2, 0.25) is 5.02 Å². The molecule has 0 saturated heterocycles. The van der Waals surface area contributed by atoms with Crippen LogP contribution in [0, 0.1) is 0 Å². The molecule has 1 N–H and O–H groups in total. The van der Waals surface area contributed by atoms with Gasteiger partial charge in [-0.1, -0.05) is 35.9 Å². The molecule has 3 rings (SSSR count). The second-order valence-corrected chi connectivity index (χ2v) is 6.31. The Bertz CT molecular complexity index is 974. The normalized spacial score (nSPS) is 11.7. The van der Waals surface area contributed by atoms with Crippen LogP contribution in [0.25, 0.3) is 10.8 Å². The number of amides is 1. The van der Waals surface area contributed by atoms with E-state index in [1.54, 1.807) is 44.4 Å². The molecule has 1 atom stereocenters. The van der Waals surface area contributed by atoms with Crippen LogP contribution < -0.4 is 19.5 Å². The van der Waals surface area contributed by atoms with Crippen LogP contribution in [0.4, 0.5) is 5.69 Å². The quantitative estimate of drug-likeness (QED) is 0.654. The predicted octanol–water partition coefficient (Wildman–Crippen LogP) is 4.92. The maximum Gasteiger partial charge on any atom is 0.265 e. The van der Waals surface area contributed by atoms with Gasteiger partial charge in [0.25, 0.3) is 5.91 Å². The molecule has 0 bridgehead atoms. The molecule has 1 amide bonds. The van der Waals surface area contributed by atoms with Crippen LogP contribution in [-0.2, 0) is 4.79 Å². The lowest BCUT2D eigenvalue weighted by atomic mass is 10.1. The van der Waals surface area contributed by atoms with E-state index in [-0.39, 0.29) is 5.91 Å². The van der Waals surface area contributed by atoms with E-state index in [4.69, 9.17) is 25.8 Å². The van der Waals surface area contributed by atoms with Crippen LogP contribution >= 0.6 is 11.6 Å². The maximum atomic E-state index is 12.6. The van der Waals surface area contributed by atoms with Crippen molar-refractivity contribution in [3.05, 3.63) is 59.6 Å². The van der Waals surface area contributed by atoms with E-state index in [9.17, 15) is 4.79 Å². The molecule has 0 aliphatic heterocycles. The summed E-state index contributed by atoms with van der Waals surface area (Å²) in [7, 11) is 3.10. The topological polar surface area (TPSA) is 56.8 Å². The standard InChI is InChI=1S/C21H20ClNO4/c1-13(21(24)23-18-12-14(25-2)8-10-20(18)26-3)27-19-11-9-17(22)15-6-4-5-7-16(15)19/h4-13H,1-3H3,(H,23,24)/t13-/m0/s1. The first kappa shape index (κ1) is 18.9. The zero-order valence-corrected chi connectivity index (χ0v) is 16.0. The van der Waals surface area contributed by atoms with Crippen LogP contribution in [0.1, 0.15) is 6.92 Å². The Labute approximate surface area is 162 Å². The van der Waals surface area contributed by atoms with Gasteiger partial charge in [0.2, 0.25) is 0 Å². The third-order valence-corrected chi connectivity index (χ3v) is 4.50. The SMILES string of the molecule is COc1ccc(OC)c(NC(=O)[C@H](C)Oc2ccc(Cl)c3ccccc23)c1. The second-order valence-electron chi connectivity index (χ2n) is 5.91. The summed E-state index contributed by atoms with van der Waals surface area (Å²) in [6, 6.07) is 16.3. The van der Waals surface area contributed by atoms with E-state index in [1.807, 2.05) is 24.3 Å². The first-order valence-electron chi connectivity index (χ1n) is 8.40. The van der Waals surface area contributed by atoms with E-state index < -0.39 is 6.10 Å². The van der Waals surface area contributed by atoms with Gasteiger partial charge in [0.15, 0.2) is 6.10 Å². The van der Waals surface area contributed by atoms with Crippen molar-refractivity contribution in [1.29, 1.82) is 0 Å². The molecule has 0 spiro atoms. The summed E-state index contributed by atoms with van der Waals surface area (Å²) in [5.41, 5.74) is 0.512. The third-order valence-electron chi connectivity index (χ3n) is 4.17. The molecular formula is C21H20ClNO4. The van der Waals surface area contributed by atoms with Crippen molar-refractivity contribution in [3.63, 3.8) is 0 Å². The smallest absolute Gasteiger partial charge is 0.265 e. The summed E-state index contributed by atoms with van der Waals surface area (Å²) in [5, 5.41) is 5.18. The third kappa shape index (κ3) is 4.09. The van der Waals surface area contributed by atoms with Crippen molar-refractivity contribution >= 4 is 34.0 Å². The highest BCUT2D eigenvalue weighted by Gasteiger charge is 2.18. The number of nitrogens with one attached hydrogen (secondary N) is 1. The molecule has 0 fully saturated rings. The summed E-state index contributed by atoms with van der Waals surface area (Å²) in [5.74, 6) is 1.44. The van der Waals surface area contributed by atoms with Crippen LogP contribution in [0.5, 0.6) is 17.2 Å². The number of halogens is 1. The number of fused-ring (bicyclic) bond motifs is 1. The van der Waals surface area contributed by atoms with E-state index in [0.717, 1.165) is 10.8 Å². The fourth-order valence-corrected chi connectivity index (χ4v) is 2.96. The van der Waals surface area contributed by atoms with Gasteiger partial charge >= 0.3 is 0 Å². The van der Waals surface area contributed by atoms with Gasteiger partial charge in [-0.05, 0) is 31.2 Å². The minimum absolute atomic E-state index is 0.305. The molecule has 27 heavy (non-hydrogen) atoms. The molecular weight excluding hydrogens is 366 g/mol. The van der Waals surface area contributed by atoms with Crippen molar-refractivity contribution in [1.82, 2.24) is 0 Å². The number of methoxy groups -OCH3 is 2. The van der Waals surface area contributed by atoms with Gasteiger partial charge in [-0.25, -0.2) is 0 Å². The lowest BCUT2D eigenvalue weighted by Gasteiger charge is -2.18. The van der Waals surface area contributed by atoms with Gasteiger partial charge in [0.05, 0.1) is 19.9 Å². The summed E-state index contributed by atoms with van der Waals surface area (Å²) < 4.78 is 16.4. The fourth-order valence-electron chi connectivity index (χ4n) is 2.73. The van der Waals surface area contributed by atoms with Gasteiger partial charge in [-0.2, -0.15) is 0 Å². The van der Waals surface area contributed by atoms with Crippen LogP contribution in [0.3, 0.4) is 0 Å². The Morgan fingerprint density at radius 2 is 1.67 bits per heavy atom. The zero-order chi connectivity index (χ0) is 19.4. The molecule has 0 aromatic heterocycles. The zero-order valence-electron chi connectivity index (χ0n) is 15.3. The number of ether oxygens (including phenoxy) is 3. The molecule has 6 heteroatoms. The Kier molecular flexibility index (Phi) is 5.72. The second kappa shape index (κ2) is 8.18. The molecule has 0 saturated carbocycles. The van der Waals surface area contributed by atoms with Crippen LogP contribution in [0.15, 0.2) is 54.6 Å². The van der Waals surface area contributed by atoms with Crippen molar-refractivity contribution in [2.24, 2.45) is 0 Å². The number of benzene rings is 3. The highest BCUT2D eigenvalue weighted by Crippen LogP contribution is 2.32. The van der Waals surface area contributed by atoms with Crippen molar-refractivity contribution in [3.8, 4) is 17.2 Å². The minimum atomic E-state index is -0.731. The lowest BCUT2D eigenvalue weighted by Crippen LogP contribution is -2.30. The minimum Gasteiger partial charge on any atom is -0.497 e. The number of rotatable bonds is 6. The van der Waals surface area contributed by atoms with E-state index in [1.165, 1.54) is 7.11 Å². The highest BCUT2D eigenvalue weighted by atomic mass is 35.5. The fraction of sp³-hybridized carbons (Fsp3) is 0.190. The Hall–Kier alpha value is -2.92. The average Bonchev–Trinajstić information content (AvgIpc) is 2.70. The average molecular weight is 386 g/mol. The molecule has 5 nitrogen and oxygen atoms in total. The molecule has 0 aliphatic carbocycles. The monoisotopic (exact) mass is 385 g/mol. The van der Waals surface area contributed by atoms with Crippen molar-refractivity contribution in [2.45, 2.75) is 13.0 Å². The Morgan fingerprint density at radius 3 is 2.37 bits per heavy atom. The lowest BCUT2D eigenvalue weighted by molar-refractivity contribution is -0.122. The van der Waals surface area contributed by atoms with E-state index >= 15 is 0 Å². The molecule has 0 aliphatic rings. The van der Waals surface area contributed by atoms with Crippen molar-refractivity contribution < 1.29 is 19.0 Å². The summed E-state index contributed by atoms with van der Waals surface area (Å²) >= 11 is 6.24. The summed E-state index contributed by atoms with van der Waals surface area (Å²) in [6.07, 6.45) is -0.731. The van der Waals surface area contributed by atoms with E-state index in [0.29, 0.717) is 28.0 Å². The van der Waals surface area contributed by atoms with Gasteiger partial charge in [-0.3, -0.25) is 4.79 Å². The number of anilines is 1. The van der Waals surface area contributed by atoms with Crippen molar-refractivity contribution in [2.75, 3.05) is 19.5 Å².